The van der Waals surface area contributed by atoms with E-state index in [0.717, 1.165) is 0 Å². The van der Waals surface area contributed by atoms with E-state index >= 15 is 0 Å². The summed E-state index contributed by atoms with van der Waals surface area (Å²) >= 11 is 16.1. The van der Waals surface area contributed by atoms with Crippen LogP contribution >= 0.6 is 35.4 Å². The molecule has 0 aromatic heterocycles. The second-order valence-electron chi connectivity index (χ2n) is 2.15. The maximum absolute atomic E-state index is 5.95. The highest BCUT2D eigenvalue weighted by Gasteiger charge is 2.23. The van der Waals surface area contributed by atoms with Crippen LogP contribution in [-0.2, 0) is 0 Å². The molecule has 1 unspecified atom stereocenters. The molecule has 0 aromatic carbocycles. The molecule has 0 radical (unpaired) electrons. The molecule has 0 aromatic rings. The van der Waals surface area contributed by atoms with E-state index in [2.05, 4.69) is 22.4 Å². The van der Waals surface area contributed by atoms with Crippen LogP contribution in [0.15, 0.2) is 28.3 Å². The molecule has 0 heterocycles. The Kier molecular flexibility index (Phi) is 2.85. The quantitative estimate of drug-likeness (QED) is 0.278. The van der Waals surface area contributed by atoms with Gasteiger partial charge in [0, 0.05) is 11.5 Å². The number of nitrogens with zero attached hydrogens (tertiary/aromatic N) is 1. The summed E-state index contributed by atoms with van der Waals surface area (Å²) in [6, 6.07) is 0. The molecule has 0 N–H and O–H groups in total. The maximum Gasteiger partial charge on any atom is 0.166 e. The summed E-state index contributed by atoms with van der Waals surface area (Å²) in [7, 11) is 0. The molecule has 1 nitrogen and oxygen atoms in total. The lowest BCUT2D eigenvalue weighted by molar-refractivity contribution is 0.750. The van der Waals surface area contributed by atoms with E-state index in [1.807, 2.05) is 0 Å². The Morgan fingerprint density at radius 3 is 2.91 bits per heavy atom. The third kappa shape index (κ3) is 2.42. The van der Waals surface area contributed by atoms with Crippen LogP contribution in [0.2, 0.25) is 0 Å². The van der Waals surface area contributed by atoms with Gasteiger partial charge in [-0.3, -0.25) is 0 Å². The van der Waals surface area contributed by atoms with Gasteiger partial charge in [0.05, 0.1) is 5.16 Å². The van der Waals surface area contributed by atoms with Crippen LogP contribution in [0.3, 0.4) is 0 Å². The predicted molar refractivity (Wildman–Crippen MR) is 51.3 cm³/mol. The molecule has 58 valence electrons. The van der Waals surface area contributed by atoms with Gasteiger partial charge in [0.15, 0.2) is 5.00 Å². The van der Waals surface area contributed by atoms with E-state index in [9.17, 15) is 0 Å². The van der Waals surface area contributed by atoms with Gasteiger partial charge in [-0.1, -0.05) is 29.3 Å². The normalized spacial score (nSPS) is 29.1. The molecule has 0 amide bonds. The largest absolute Gasteiger partial charge is 0.205 e. The summed E-state index contributed by atoms with van der Waals surface area (Å²) in [5, 5.41) is 2.93. The fraction of sp³-hybridized carbons (Fsp3) is 0.286. The van der Waals surface area contributed by atoms with Crippen LogP contribution in [0.5, 0.6) is 0 Å². The first-order valence-electron chi connectivity index (χ1n) is 2.99. The number of halogens is 2. The van der Waals surface area contributed by atoms with E-state index in [-0.39, 0.29) is 0 Å². The Bertz CT molecular complexity index is 266. The monoisotopic (exact) mass is 205 g/mol. The highest BCUT2D eigenvalue weighted by atomic mass is 35.5. The molecule has 11 heavy (non-hydrogen) atoms. The Morgan fingerprint density at radius 2 is 2.45 bits per heavy atom. The van der Waals surface area contributed by atoms with Crippen molar-refractivity contribution in [3.05, 3.63) is 23.3 Å². The Labute approximate surface area is 80.4 Å². The maximum atomic E-state index is 5.95. The summed E-state index contributed by atoms with van der Waals surface area (Å²) in [5.41, 5.74) is 0. The molecule has 0 saturated heterocycles. The number of allylic oxidation sites excluding steroid dienone is 2. The zero-order valence-electron chi connectivity index (χ0n) is 5.55. The van der Waals surface area contributed by atoms with Crippen molar-refractivity contribution < 1.29 is 0 Å². The number of hydrogen-bond acceptors (Lipinski definition) is 2. The smallest absolute Gasteiger partial charge is 0.166 e. The molecule has 4 heteroatoms. The number of thiocarbonyl (C=S) groups is 1. The lowest BCUT2D eigenvalue weighted by Gasteiger charge is -2.17. The molecule has 1 atom stereocenters. The minimum atomic E-state index is -0.750. The fourth-order valence-electron chi connectivity index (χ4n) is 0.743. The molecule has 1 aliphatic rings. The van der Waals surface area contributed by atoms with Gasteiger partial charge in [0.2, 0.25) is 0 Å². The van der Waals surface area contributed by atoms with Crippen LogP contribution in [0.25, 0.3) is 0 Å². The summed E-state index contributed by atoms with van der Waals surface area (Å²) < 4.78 is 0. The average Bonchev–Trinajstić information content (AvgIpc) is 1.97. The van der Waals surface area contributed by atoms with Crippen molar-refractivity contribution in [1.82, 2.24) is 0 Å². The van der Waals surface area contributed by atoms with E-state index in [1.54, 1.807) is 18.2 Å². The van der Waals surface area contributed by atoms with Crippen molar-refractivity contribution in [3.63, 3.8) is 0 Å². The highest BCUT2D eigenvalue weighted by Crippen LogP contribution is 2.29. The molecule has 1 aliphatic carbocycles. The minimum absolute atomic E-state index is 0.563. The van der Waals surface area contributed by atoms with Crippen LogP contribution in [0, 0.1) is 0 Å². The van der Waals surface area contributed by atoms with Crippen molar-refractivity contribution in [2.75, 3.05) is 0 Å². The van der Waals surface area contributed by atoms with Crippen LogP contribution in [-0.4, -0.2) is 10.2 Å². The van der Waals surface area contributed by atoms with Gasteiger partial charge < -0.3 is 0 Å². The number of rotatable bonds is 1. The number of isothiocyanates is 1. The van der Waals surface area contributed by atoms with E-state index in [4.69, 9.17) is 23.2 Å². The van der Waals surface area contributed by atoms with Crippen molar-refractivity contribution >= 4 is 40.6 Å². The Morgan fingerprint density at radius 1 is 1.73 bits per heavy atom. The third-order valence-electron chi connectivity index (χ3n) is 1.31. The molecule has 0 spiro atoms. The molecule has 1 rings (SSSR count). The first-order valence-corrected chi connectivity index (χ1v) is 4.15. The van der Waals surface area contributed by atoms with Gasteiger partial charge >= 0.3 is 0 Å². The summed E-state index contributed by atoms with van der Waals surface area (Å²) in [5.74, 6) is 0. The Balaban J connectivity index is 2.81. The predicted octanol–water partition coefficient (Wildman–Crippen LogP) is 3.11. The SMILES string of the molecule is S=C=NC1(Cl)C=CC(Cl)=CC1. The van der Waals surface area contributed by atoms with E-state index in [0.29, 0.717) is 11.5 Å². The zero-order valence-corrected chi connectivity index (χ0v) is 7.88. The molecular formula is C7H5Cl2NS. The second-order valence-corrected chi connectivity index (χ2v) is 3.42. The standard InChI is InChI=1S/C7H5Cl2NS/c8-6-1-3-7(9,4-2-6)10-5-11/h1-3H,4H2. The summed E-state index contributed by atoms with van der Waals surface area (Å²) in [6.45, 7) is 0. The lowest BCUT2D eigenvalue weighted by Crippen LogP contribution is -2.15. The van der Waals surface area contributed by atoms with Gasteiger partial charge in [-0.2, -0.15) is 0 Å². The zero-order chi connectivity index (χ0) is 8.32. The van der Waals surface area contributed by atoms with Gasteiger partial charge in [0.1, 0.15) is 0 Å². The van der Waals surface area contributed by atoms with Crippen LogP contribution in [0.1, 0.15) is 6.42 Å². The third-order valence-corrected chi connectivity index (χ3v) is 2.05. The number of aliphatic imine (C=N–C) groups is 1. The Hall–Kier alpha value is -0.140. The first kappa shape index (κ1) is 8.95. The topological polar surface area (TPSA) is 12.4 Å². The minimum Gasteiger partial charge on any atom is -0.205 e. The van der Waals surface area contributed by atoms with E-state index < -0.39 is 5.00 Å². The molecule has 0 aliphatic heterocycles. The summed E-state index contributed by atoms with van der Waals surface area (Å²) in [6.07, 6.45) is 5.77. The van der Waals surface area contributed by atoms with Gasteiger partial charge in [-0.05, 0) is 24.4 Å². The first-order chi connectivity index (χ1) is 5.16. The fourth-order valence-corrected chi connectivity index (χ4v) is 1.28. The van der Waals surface area contributed by atoms with Crippen molar-refractivity contribution in [3.8, 4) is 0 Å². The number of alkyl halides is 1. The second kappa shape index (κ2) is 3.51. The summed E-state index contributed by atoms with van der Waals surface area (Å²) in [4.78, 5) is 3.04. The number of hydrogen-bond donors (Lipinski definition) is 0. The average molecular weight is 206 g/mol. The van der Waals surface area contributed by atoms with Crippen molar-refractivity contribution in [2.45, 2.75) is 11.4 Å². The molecule has 0 bridgehead atoms. The van der Waals surface area contributed by atoms with Crippen LogP contribution in [0.4, 0.5) is 0 Å². The molecule has 0 saturated carbocycles. The highest BCUT2D eigenvalue weighted by molar-refractivity contribution is 7.78. The van der Waals surface area contributed by atoms with E-state index in [1.165, 1.54) is 0 Å². The molecular weight excluding hydrogens is 201 g/mol. The van der Waals surface area contributed by atoms with Gasteiger partial charge in [-0.25, -0.2) is 4.99 Å². The van der Waals surface area contributed by atoms with Gasteiger partial charge in [0.25, 0.3) is 0 Å². The molecule has 0 fully saturated rings. The van der Waals surface area contributed by atoms with Crippen molar-refractivity contribution in [1.29, 1.82) is 0 Å². The van der Waals surface area contributed by atoms with Crippen LogP contribution < -0.4 is 0 Å². The lowest BCUT2D eigenvalue weighted by atomic mass is 10.1. The van der Waals surface area contributed by atoms with Crippen molar-refractivity contribution in [2.24, 2.45) is 4.99 Å². The van der Waals surface area contributed by atoms with Gasteiger partial charge in [-0.15, -0.1) is 0 Å².